The second-order valence-corrected chi connectivity index (χ2v) is 7.75. The van der Waals surface area contributed by atoms with Crippen molar-refractivity contribution in [3.8, 4) is 0 Å². The minimum absolute atomic E-state index is 0.228. The van der Waals surface area contributed by atoms with E-state index in [9.17, 15) is 13.2 Å². The van der Waals surface area contributed by atoms with Crippen molar-refractivity contribution < 1.29 is 13.2 Å². The first-order chi connectivity index (χ1) is 13.4. The Morgan fingerprint density at radius 1 is 1.07 bits per heavy atom. The Balaban J connectivity index is 1.38. The van der Waals surface area contributed by atoms with Gasteiger partial charge in [0, 0.05) is 44.0 Å². The summed E-state index contributed by atoms with van der Waals surface area (Å²) in [6, 6.07) is 1.64. The molecule has 152 valence electrons. The number of aromatic nitrogens is 4. The predicted molar refractivity (Wildman–Crippen MR) is 99.0 cm³/mol. The first kappa shape index (κ1) is 19.2. The number of likely N-dealkylation sites (tertiary alicyclic amines) is 1. The van der Waals surface area contributed by atoms with Gasteiger partial charge in [0.05, 0.1) is 12.7 Å². The Morgan fingerprint density at radius 3 is 2.39 bits per heavy atom. The highest BCUT2D eigenvalue weighted by atomic mass is 19.4. The molecule has 1 aliphatic heterocycles. The molecule has 2 aromatic rings. The molecule has 1 aliphatic carbocycles. The van der Waals surface area contributed by atoms with E-state index in [1.807, 2.05) is 24.0 Å². The number of nitrogens with zero attached hydrogens (tertiary/aromatic N) is 6. The van der Waals surface area contributed by atoms with Crippen LogP contribution in [0.25, 0.3) is 0 Å². The molecular weight excluding hydrogens is 369 g/mol. The normalized spacial score (nSPS) is 19.1. The number of rotatable bonds is 6. The molecule has 0 bridgehead atoms. The van der Waals surface area contributed by atoms with E-state index in [0.717, 1.165) is 69.8 Å². The van der Waals surface area contributed by atoms with Gasteiger partial charge in [-0.15, -0.1) is 0 Å². The van der Waals surface area contributed by atoms with Gasteiger partial charge in [-0.25, -0.2) is 9.97 Å². The van der Waals surface area contributed by atoms with E-state index >= 15 is 0 Å². The summed E-state index contributed by atoms with van der Waals surface area (Å²) in [7, 11) is 0. The van der Waals surface area contributed by atoms with Gasteiger partial charge in [0.15, 0.2) is 0 Å². The first-order valence-corrected chi connectivity index (χ1v) is 9.79. The number of halogens is 3. The highest BCUT2D eigenvalue weighted by Crippen LogP contribution is 2.37. The Kier molecular flexibility index (Phi) is 5.27. The van der Waals surface area contributed by atoms with Crippen LogP contribution in [0.2, 0.25) is 0 Å². The molecule has 0 radical (unpaired) electrons. The lowest BCUT2D eigenvalue weighted by atomic mass is 10.0. The maximum Gasteiger partial charge on any atom is 0.433 e. The third-order valence-corrected chi connectivity index (χ3v) is 5.51. The Morgan fingerprint density at radius 2 is 1.79 bits per heavy atom. The lowest BCUT2D eigenvalue weighted by Crippen LogP contribution is -2.47. The van der Waals surface area contributed by atoms with Crippen LogP contribution in [0.1, 0.15) is 36.9 Å². The Hall–Kier alpha value is -2.16. The third-order valence-electron chi connectivity index (χ3n) is 5.51. The van der Waals surface area contributed by atoms with Crippen LogP contribution >= 0.6 is 0 Å². The summed E-state index contributed by atoms with van der Waals surface area (Å²) < 4.78 is 41.1. The average molecular weight is 394 g/mol. The van der Waals surface area contributed by atoms with Gasteiger partial charge in [-0.05, 0) is 38.2 Å². The Labute approximate surface area is 162 Å². The second kappa shape index (κ2) is 7.69. The lowest BCUT2D eigenvalue weighted by Gasteiger charge is -2.39. The summed E-state index contributed by atoms with van der Waals surface area (Å²) in [5.41, 5.74) is 0.289. The summed E-state index contributed by atoms with van der Waals surface area (Å²) in [6.45, 7) is 5.68. The van der Waals surface area contributed by atoms with Gasteiger partial charge in [-0.2, -0.15) is 18.3 Å². The van der Waals surface area contributed by atoms with E-state index in [1.165, 1.54) is 0 Å². The maximum absolute atomic E-state index is 13.0. The van der Waals surface area contributed by atoms with Crippen molar-refractivity contribution in [3.05, 3.63) is 36.0 Å². The summed E-state index contributed by atoms with van der Waals surface area (Å²) in [4.78, 5) is 12.1. The molecule has 28 heavy (non-hydrogen) atoms. The number of hydrogen-bond acceptors (Lipinski definition) is 5. The highest BCUT2D eigenvalue weighted by molar-refractivity contribution is 5.44. The van der Waals surface area contributed by atoms with Gasteiger partial charge < -0.3 is 9.80 Å². The van der Waals surface area contributed by atoms with Gasteiger partial charge in [-0.1, -0.05) is 0 Å². The molecule has 0 aromatic carbocycles. The zero-order valence-electron chi connectivity index (χ0n) is 15.9. The molecule has 4 rings (SSSR count). The van der Waals surface area contributed by atoms with E-state index < -0.39 is 11.9 Å². The third kappa shape index (κ3) is 4.45. The molecule has 1 saturated heterocycles. The van der Waals surface area contributed by atoms with E-state index in [-0.39, 0.29) is 6.04 Å². The lowest BCUT2D eigenvalue weighted by molar-refractivity contribution is -0.141. The van der Waals surface area contributed by atoms with Gasteiger partial charge in [0.2, 0.25) is 0 Å². The van der Waals surface area contributed by atoms with Gasteiger partial charge in [0.1, 0.15) is 17.8 Å². The predicted octanol–water partition coefficient (Wildman–Crippen LogP) is 3.13. The Bertz CT molecular complexity index is 793. The fourth-order valence-electron chi connectivity index (χ4n) is 3.92. The molecule has 0 spiro atoms. The maximum atomic E-state index is 13.0. The van der Waals surface area contributed by atoms with E-state index in [4.69, 9.17) is 0 Å². The van der Waals surface area contributed by atoms with Crippen LogP contribution in [-0.4, -0.2) is 56.4 Å². The first-order valence-electron chi connectivity index (χ1n) is 9.79. The summed E-state index contributed by atoms with van der Waals surface area (Å²) in [5, 5.41) is 4.32. The van der Waals surface area contributed by atoms with Crippen LogP contribution in [-0.2, 0) is 12.7 Å². The van der Waals surface area contributed by atoms with Gasteiger partial charge in [0.25, 0.3) is 0 Å². The van der Waals surface area contributed by atoms with E-state index in [1.54, 1.807) is 0 Å². The van der Waals surface area contributed by atoms with Crippen LogP contribution in [0, 0.1) is 6.92 Å². The minimum Gasteiger partial charge on any atom is -0.350 e. The largest absolute Gasteiger partial charge is 0.433 e. The monoisotopic (exact) mass is 394 g/mol. The van der Waals surface area contributed by atoms with Gasteiger partial charge >= 0.3 is 6.18 Å². The fraction of sp³-hybridized carbons (Fsp3) is 0.632. The minimum atomic E-state index is -4.44. The summed E-state index contributed by atoms with van der Waals surface area (Å²) in [5.74, 6) is 0.412. The highest BCUT2D eigenvalue weighted by Gasteiger charge is 2.38. The summed E-state index contributed by atoms with van der Waals surface area (Å²) >= 11 is 0. The van der Waals surface area contributed by atoms with Crippen LogP contribution in [0.3, 0.4) is 0 Å². The number of piperidine rings is 1. The number of alkyl halides is 3. The molecule has 0 N–H and O–H groups in total. The van der Waals surface area contributed by atoms with Crippen molar-refractivity contribution in [2.24, 2.45) is 0 Å². The molecule has 2 aromatic heterocycles. The van der Waals surface area contributed by atoms with Crippen molar-refractivity contribution in [1.29, 1.82) is 0 Å². The number of aryl methyl sites for hydroxylation is 1. The standard InChI is InChI=1S/C19H25F3N6/c1-14-11-25-27(12-14)9-8-26-6-4-16(5-7-26)28(15-2-3-15)18-10-17(19(20,21)22)23-13-24-18/h10-13,15-16H,2-9H2,1H3. The smallest absolute Gasteiger partial charge is 0.350 e. The zero-order chi connectivity index (χ0) is 19.7. The van der Waals surface area contributed by atoms with Crippen molar-refractivity contribution in [3.63, 3.8) is 0 Å². The molecule has 6 nitrogen and oxygen atoms in total. The zero-order valence-corrected chi connectivity index (χ0v) is 15.9. The number of hydrogen-bond donors (Lipinski definition) is 0. The molecule has 0 unspecified atom stereocenters. The van der Waals surface area contributed by atoms with Crippen LogP contribution in [0.4, 0.5) is 19.0 Å². The molecule has 2 aliphatic rings. The van der Waals surface area contributed by atoms with Crippen molar-refractivity contribution in [2.45, 2.75) is 57.4 Å². The fourth-order valence-corrected chi connectivity index (χ4v) is 3.92. The van der Waals surface area contributed by atoms with Gasteiger partial charge in [-0.3, -0.25) is 4.68 Å². The molecular formula is C19H25F3N6. The SMILES string of the molecule is Cc1cnn(CCN2CCC(N(c3cc(C(F)(F)F)ncn3)C3CC3)CC2)c1. The van der Waals surface area contributed by atoms with Crippen LogP contribution in [0.5, 0.6) is 0 Å². The topological polar surface area (TPSA) is 50.1 Å². The van der Waals surface area contributed by atoms with Crippen molar-refractivity contribution in [2.75, 3.05) is 24.5 Å². The molecule has 3 heterocycles. The van der Waals surface area contributed by atoms with Crippen molar-refractivity contribution >= 4 is 5.82 Å². The van der Waals surface area contributed by atoms with Crippen LogP contribution < -0.4 is 4.90 Å². The molecule has 0 amide bonds. The van der Waals surface area contributed by atoms with E-state index in [2.05, 4.69) is 24.9 Å². The molecule has 0 atom stereocenters. The quantitative estimate of drug-likeness (QED) is 0.754. The average Bonchev–Trinajstić information content (AvgIpc) is 3.41. The van der Waals surface area contributed by atoms with Crippen molar-refractivity contribution in [1.82, 2.24) is 24.6 Å². The molecule has 9 heteroatoms. The molecule has 2 fully saturated rings. The summed E-state index contributed by atoms with van der Waals surface area (Å²) in [6.07, 6.45) is 4.38. The molecule has 1 saturated carbocycles. The second-order valence-electron chi connectivity index (χ2n) is 7.75. The van der Waals surface area contributed by atoms with Crippen LogP contribution in [0.15, 0.2) is 24.8 Å². The van der Waals surface area contributed by atoms with E-state index in [0.29, 0.717) is 11.9 Å². The number of anilines is 1.